The number of aliphatic hydroxyl groups excluding tert-OH is 1. The van der Waals surface area contributed by atoms with Gasteiger partial charge in [0.2, 0.25) is 5.95 Å². The molecule has 0 radical (unpaired) electrons. The van der Waals surface area contributed by atoms with E-state index in [0.29, 0.717) is 0 Å². The van der Waals surface area contributed by atoms with Crippen LogP contribution < -0.4 is 16.1 Å². The quantitative estimate of drug-likeness (QED) is 0.633. The average Bonchev–Trinajstić information content (AvgIpc) is 2.66. The van der Waals surface area contributed by atoms with Gasteiger partial charge < -0.3 is 15.7 Å². The van der Waals surface area contributed by atoms with Gasteiger partial charge in [-0.05, 0) is 0 Å². The zero-order chi connectivity index (χ0) is 11.7. The van der Waals surface area contributed by atoms with Crippen LogP contribution in [0.1, 0.15) is 0 Å². The zero-order valence-corrected chi connectivity index (χ0v) is 8.62. The van der Waals surface area contributed by atoms with Crippen molar-refractivity contribution in [1.82, 2.24) is 19.3 Å². The van der Waals surface area contributed by atoms with Gasteiger partial charge in [-0.25, -0.2) is 4.98 Å². The van der Waals surface area contributed by atoms with E-state index in [4.69, 9.17) is 15.7 Å². The second-order valence-electron chi connectivity index (χ2n) is 3.13. The molecule has 2 aromatic heterocycles. The van der Waals surface area contributed by atoms with Crippen molar-refractivity contribution >= 4 is 17.1 Å². The van der Waals surface area contributed by atoms with E-state index in [-0.39, 0.29) is 35.9 Å². The molecule has 0 bridgehead atoms. The first-order valence-corrected chi connectivity index (χ1v) is 4.59. The fraction of sp³-hybridized carbons (Fsp3) is 0.375. The molecule has 2 heterocycles. The maximum absolute atomic E-state index is 11.8. The summed E-state index contributed by atoms with van der Waals surface area (Å²) in [5.41, 5.74) is 5.59. The summed E-state index contributed by atoms with van der Waals surface area (Å²) in [7, 11) is 1.51. The van der Waals surface area contributed by atoms with E-state index in [9.17, 15) is 4.79 Å². The van der Waals surface area contributed by atoms with E-state index in [1.54, 1.807) is 0 Å². The first kappa shape index (κ1) is 10.4. The van der Waals surface area contributed by atoms with E-state index in [1.165, 1.54) is 22.7 Å². The molecule has 0 amide bonds. The molecule has 0 aliphatic rings. The summed E-state index contributed by atoms with van der Waals surface area (Å²) >= 11 is 0. The number of anilines is 1. The molecule has 16 heavy (non-hydrogen) atoms. The van der Waals surface area contributed by atoms with Crippen molar-refractivity contribution < 1.29 is 9.94 Å². The number of nitrogens with zero attached hydrogens (tertiary/aromatic N) is 4. The third-order valence-corrected chi connectivity index (χ3v) is 2.11. The van der Waals surface area contributed by atoms with E-state index < -0.39 is 0 Å². The SMILES string of the molecule is Cn1c(N)nc2ncn(OCCO)c2c1=O. The number of rotatable bonds is 3. The lowest BCUT2D eigenvalue weighted by Crippen LogP contribution is -2.25. The van der Waals surface area contributed by atoms with Crippen LogP contribution in [-0.4, -0.2) is 37.6 Å². The average molecular weight is 225 g/mol. The number of nitrogen functional groups attached to an aromatic ring is 1. The zero-order valence-electron chi connectivity index (χ0n) is 8.62. The molecule has 0 unspecified atom stereocenters. The van der Waals surface area contributed by atoms with Crippen LogP contribution in [0.4, 0.5) is 5.95 Å². The van der Waals surface area contributed by atoms with Crippen molar-refractivity contribution in [2.45, 2.75) is 0 Å². The summed E-state index contributed by atoms with van der Waals surface area (Å²) in [6, 6.07) is 0. The largest absolute Gasteiger partial charge is 0.410 e. The standard InChI is InChI=1S/C8H11N5O3/c1-12-7(15)5-6(11-8(12)9)10-4-13(5)16-3-2-14/h4,14H,2-3H2,1H3,(H2,9,11). The Morgan fingerprint density at radius 1 is 1.62 bits per heavy atom. The van der Waals surface area contributed by atoms with Crippen molar-refractivity contribution in [2.24, 2.45) is 7.05 Å². The van der Waals surface area contributed by atoms with E-state index in [0.717, 1.165) is 0 Å². The number of hydrogen-bond donors (Lipinski definition) is 2. The number of fused-ring (bicyclic) bond motifs is 1. The van der Waals surface area contributed by atoms with Gasteiger partial charge in [0.1, 0.15) is 12.9 Å². The lowest BCUT2D eigenvalue weighted by Gasteiger charge is -2.06. The monoisotopic (exact) mass is 225 g/mol. The van der Waals surface area contributed by atoms with Crippen LogP contribution in [0.2, 0.25) is 0 Å². The van der Waals surface area contributed by atoms with Crippen molar-refractivity contribution in [3.8, 4) is 0 Å². The normalized spacial score (nSPS) is 10.9. The van der Waals surface area contributed by atoms with Gasteiger partial charge in [-0.2, -0.15) is 9.71 Å². The van der Waals surface area contributed by atoms with Gasteiger partial charge in [0.05, 0.1) is 6.61 Å². The Kier molecular flexibility index (Phi) is 2.49. The highest BCUT2D eigenvalue weighted by Crippen LogP contribution is 2.05. The highest BCUT2D eigenvalue weighted by molar-refractivity contribution is 5.70. The predicted molar refractivity (Wildman–Crippen MR) is 55.7 cm³/mol. The summed E-state index contributed by atoms with van der Waals surface area (Å²) in [5.74, 6) is 0.0879. The minimum atomic E-state index is -0.349. The number of hydrogen-bond acceptors (Lipinski definition) is 6. The van der Waals surface area contributed by atoms with E-state index in [2.05, 4.69) is 9.97 Å². The fourth-order valence-electron chi connectivity index (χ4n) is 1.28. The van der Waals surface area contributed by atoms with Gasteiger partial charge in [-0.15, -0.1) is 0 Å². The first-order chi connectivity index (χ1) is 7.65. The number of imidazole rings is 1. The van der Waals surface area contributed by atoms with E-state index >= 15 is 0 Å². The molecule has 8 nitrogen and oxygen atoms in total. The van der Waals surface area contributed by atoms with Gasteiger partial charge >= 0.3 is 0 Å². The Hall–Kier alpha value is -2.09. The van der Waals surface area contributed by atoms with Crippen LogP contribution in [0.25, 0.3) is 11.2 Å². The molecule has 0 saturated carbocycles. The molecule has 0 aliphatic carbocycles. The summed E-state index contributed by atoms with van der Waals surface area (Å²) in [4.78, 5) is 24.7. The van der Waals surface area contributed by atoms with Gasteiger partial charge in [-0.3, -0.25) is 9.36 Å². The minimum Gasteiger partial charge on any atom is -0.410 e. The number of aromatic nitrogens is 4. The van der Waals surface area contributed by atoms with Crippen LogP contribution in [0, 0.1) is 0 Å². The molecule has 8 heteroatoms. The molecule has 0 atom stereocenters. The fourth-order valence-corrected chi connectivity index (χ4v) is 1.28. The number of aliphatic hydroxyl groups is 1. The minimum absolute atomic E-state index is 0.0684. The van der Waals surface area contributed by atoms with Crippen molar-refractivity contribution in [2.75, 3.05) is 18.9 Å². The molecule has 0 spiro atoms. The summed E-state index contributed by atoms with van der Waals surface area (Å²) in [6.45, 7) is -0.0820. The Balaban J connectivity index is 2.62. The summed E-state index contributed by atoms with van der Waals surface area (Å²) in [6.07, 6.45) is 1.31. The van der Waals surface area contributed by atoms with Crippen LogP contribution in [0.3, 0.4) is 0 Å². The second kappa shape index (κ2) is 3.81. The van der Waals surface area contributed by atoms with Crippen molar-refractivity contribution in [1.29, 1.82) is 0 Å². The lowest BCUT2D eigenvalue weighted by molar-refractivity contribution is 0.0818. The maximum atomic E-state index is 11.8. The predicted octanol–water partition coefficient (Wildman–Crippen LogP) is -1.87. The van der Waals surface area contributed by atoms with Crippen LogP contribution >= 0.6 is 0 Å². The molecule has 2 aromatic rings. The van der Waals surface area contributed by atoms with Gasteiger partial charge in [-0.1, -0.05) is 0 Å². The van der Waals surface area contributed by atoms with Gasteiger partial charge in [0, 0.05) is 7.05 Å². The Bertz CT molecular complexity index is 573. The molecule has 0 saturated heterocycles. The smallest absolute Gasteiger partial charge is 0.284 e. The Morgan fingerprint density at radius 2 is 2.38 bits per heavy atom. The third kappa shape index (κ3) is 1.48. The molecule has 2 rings (SSSR count). The topological polar surface area (TPSA) is 108 Å². The molecule has 3 N–H and O–H groups in total. The third-order valence-electron chi connectivity index (χ3n) is 2.11. The lowest BCUT2D eigenvalue weighted by atomic mass is 10.5. The van der Waals surface area contributed by atoms with Crippen LogP contribution in [0.15, 0.2) is 11.1 Å². The van der Waals surface area contributed by atoms with Crippen LogP contribution in [0.5, 0.6) is 0 Å². The van der Waals surface area contributed by atoms with Gasteiger partial charge in [0.25, 0.3) is 5.56 Å². The van der Waals surface area contributed by atoms with E-state index in [1.807, 2.05) is 0 Å². The van der Waals surface area contributed by atoms with Crippen molar-refractivity contribution in [3.63, 3.8) is 0 Å². The summed E-state index contributed by atoms with van der Waals surface area (Å²) in [5, 5.41) is 8.63. The van der Waals surface area contributed by atoms with Gasteiger partial charge in [0.15, 0.2) is 11.2 Å². The highest BCUT2D eigenvalue weighted by Gasteiger charge is 2.12. The molecule has 86 valence electrons. The molecular weight excluding hydrogens is 214 g/mol. The molecular formula is C8H11N5O3. The van der Waals surface area contributed by atoms with Crippen LogP contribution in [-0.2, 0) is 7.05 Å². The van der Waals surface area contributed by atoms with Crippen molar-refractivity contribution in [3.05, 3.63) is 16.7 Å². The number of nitrogens with two attached hydrogens (primary N) is 1. The summed E-state index contributed by atoms with van der Waals surface area (Å²) < 4.78 is 2.38. The maximum Gasteiger partial charge on any atom is 0.284 e. The molecule has 0 aliphatic heterocycles. The Labute approximate surface area is 89.9 Å². The molecule has 0 aromatic carbocycles. The second-order valence-corrected chi connectivity index (χ2v) is 3.13. The molecule has 0 fully saturated rings. The first-order valence-electron chi connectivity index (χ1n) is 4.59. The Morgan fingerprint density at radius 3 is 3.06 bits per heavy atom. The highest BCUT2D eigenvalue weighted by atomic mass is 16.7.